The standard InChI is InChI=1S/C9H6N4O4/c14-6-5(9(16)17)12-7(13-8(6)15)4-3-10-1-2-11-4/h1-3,14H,(H,16,17)(H,12,13,15). The van der Waals surface area contributed by atoms with Crippen molar-refractivity contribution in [3.05, 3.63) is 34.6 Å². The van der Waals surface area contributed by atoms with Crippen LogP contribution >= 0.6 is 0 Å². The maximum absolute atomic E-state index is 11.3. The maximum Gasteiger partial charge on any atom is 0.358 e. The van der Waals surface area contributed by atoms with Crippen molar-refractivity contribution in [2.75, 3.05) is 0 Å². The normalized spacial score (nSPS) is 10.1. The van der Waals surface area contributed by atoms with Crippen LogP contribution < -0.4 is 5.56 Å². The van der Waals surface area contributed by atoms with E-state index in [0.717, 1.165) is 0 Å². The molecule has 0 aliphatic heterocycles. The predicted molar refractivity (Wildman–Crippen MR) is 54.5 cm³/mol. The van der Waals surface area contributed by atoms with E-state index in [1.54, 1.807) is 0 Å². The van der Waals surface area contributed by atoms with Gasteiger partial charge in [-0.15, -0.1) is 0 Å². The molecule has 17 heavy (non-hydrogen) atoms. The lowest BCUT2D eigenvalue weighted by Gasteiger charge is -2.02. The Labute approximate surface area is 93.6 Å². The fraction of sp³-hybridized carbons (Fsp3) is 0. The number of hydrogen-bond donors (Lipinski definition) is 3. The molecule has 86 valence electrons. The number of nitrogens with one attached hydrogen (secondary N) is 1. The topological polar surface area (TPSA) is 129 Å². The zero-order chi connectivity index (χ0) is 12.4. The zero-order valence-corrected chi connectivity index (χ0v) is 8.28. The molecule has 0 radical (unpaired) electrons. The van der Waals surface area contributed by atoms with Gasteiger partial charge < -0.3 is 15.2 Å². The number of aromatic hydroxyl groups is 1. The minimum Gasteiger partial charge on any atom is -0.501 e. The SMILES string of the molecule is O=C(O)c1nc(-c2cnccn2)[nH]c(=O)c1O. The molecule has 2 rings (SSSR count). The summed E-state index contributed by atoms with van der Waals surface area (Å²) in [5.74, 6) is -2.51. The zero-order valence-electron chi connectivity index (χ0n) is 8.28. The summed E-state index contributed by atoms with van der Waals surface area (Å²) in [6, 6.07) is 0. The molecule has 0 atom stereocenters. The van der Waals surface area contributed by atoms with E-state index in [1.807, 2.05) is 0 Å². The molecule has 0 spiro atoms. The van der Waals surface area contributed by atoms with Crippen LogP contribution in [-0.2, 0) is 0 Å². The molecular formula is C9H6N4O4. The molecule has 2 aromatic rings. The van der Waals surface area contributed by atoms with Gasteiger partial charge >= 0.3 is 5.97 Å². The van der Waals surface area contributed by atoms with Crippen molar-refractivity contribution in [1.82, 2.24) is 19.9 Å². The van der Waals surface area contributed by atoms with E-state index >= 15 is 0 Å². The van der Waals surface area contributed by atoms with Gasteiger partial charge in [0.05, 0.1) is 6.20 Å². The Morgan fingerprint density at radius 2 is 2.12 bits per heavy atom. The fourth-order valence-corrected chi connectivity index (χ4v) is 1.16. The van der Waals surface area contributed by atoms with E-state index in [2.05, 4.69) is 19.9 Å². The van der Waals surface area contributed by atoms with Crippen molar-refractivity contribution in [3.63, 3.8) is 0 Å². The first-order chi connectivity index (χ1) is 8.09. The quantitative estimate of drug-likeness (QED) is 0.646. The number of aromatic nitrogens is 4. The summed E-state index contributed by atoms with van der Waals surface area (Å²) >= 11 is 0. The predicted octanol–water partition coefficient (Wildman–Crippen LogP) is -0.369. The summed E-state index contributed by atoms with van der Waals surface area (Å²) in [5, 5.41) is 18.0. The first kappa shape index (κ1) is 10.7. The summed E-state index contributed by atoms with van der Waals surface area (Å²) in [7, 11) is 0. The van der Waals surface area contributed by atoms with Crippen molar-refractivity contribution in [1.29, 1.82) is 0 Å². The van der Waals surface area contributed by atoms with Gasteiger partial charge in [0.2, 0.25) is 5.75 Å². The molecule has 2 aromatic heterocycles. The van der Waals surface area contributed by atoms with Gasteiger partial charge in [0.15, 0.2) is 11.5 Å². The average molecular weight is 234 g/mol. The molecule has 0 aromatic carbocycles. The van der Waals surface area contributed by atoms with E-state index in [4.69, 9.17) is 5.11 Å². The van der Waals surface area contributed by atoms with Crippen molar-refractivity contribution >= 4 is 5.97 Å². The highest BCUT2D eigenvalue weighted by Crippen LogP contribution is 2.13. The summed E-state index contributed by atoms with van der Waals surface area (Å²) in [4.78, 5) is 35.4. The van der Waals surface area contributed by atoms with Gasteiger partial charge in [0.1, 0.15) is 5.69 Å². The Balaban J connectivity index is 2.66. The summed E-state index contributed by atoms with van der Waals surface area (Å²) in [6.45, 7) is 0. The van der Waals surface area contributed by atoms with Crippen molar-refractivity contribution in [3.8, 4) is 17.3 Å². The number of aromatic carboxylic acids is 1. The highest BCUT2D eigenvalue weighted by Gasteiger charge is 2.17. The number of nitrogens with zero attached hydrogens (tertiary/aromatic N) is 3. The first-order valence-corrected chi connectivity index (χ1v) is 4.42. The highest BCUT2D eigenvalue weighted by molar-refractivity contribution is 5.88. The molecule has 2 heterocycles. The van der Waals surface area contributed by atoms with Gasteiger partial charge in [0.25, 0.3) is 5.56 Å². The lowest BCUT2D eigenvalue weighted by atomic mass is 10.3. The maximum atomic E-state index is 11.3. The van der Waals surface area contributed by atoms with E-state index in [9.17, 15) is 14.7 Å². The molecule has 8 nitrogen and oxygen atoms in total. The molecule has 8 heteroatoms. The van der Waals surface area contributed by atoms with Gasteiger partial charge in [-0.05, 0) is 0 Å². The second-order valence-corrected chi connectivity index (χ2v) is 3.01. The molecule has 0 saturated heterocycles. The first-order valence-electron chi connectivity index (χ1n) is 4.42. The number of carboxylic acid groups (broad SMARTS) is 1. The van der Waals surface area contributed by atoms with E-state index < -0.39 is 23.0 Å². The van der Waals surface area contributed by atoms with Crippen LogP contribution in [0.5, 0.6) is 5.75 Å². The smallest absolute Gasteiger partial charge is 0.358 e. The van der Waals surface area contributed by atoms with Crippen LogP contribution in [0.1, 0.15) is 10.5 Å². The van der Waals surface area contributed by atoms with Crippen LogP contribution in [0.4, 0.5) is 0 Å². The average Bonchev–Trinajstić information content (AvgIpc) is 2.33. The number of H-pyrrole nitrogens is 1. The second kappa shape index (κ2) is 4.00. The Hall–Kier alpha value is -2.77. The van der Waals surface area contributed by atoms with Crippen LogP contribution in [-0.4, -0.2) is 36.1 Å². The van der Waals surface area contributed by atoms with E-state index in [-0.39, 0.29) is 11.5 Å². The molecule has 0 bridgehead atoms. The summed E-state index contributed by atoms with van der Waals surface area (Å²) in [5.41, 5.74) is -1.47. The van der Waals surface area contributed by atoms with Crippen molar-refractivity contribution in [2.24, 2.45) is 0 Å². The Morgan fingerprint density at radius 1 is 1.35 bits per heavy atom. The molecular weight excluding hydrogens is 228 g/mol. The third kappa shape index (κ3) is 1.95. The van der Waals surface area contributed by atoms with Crippen LogP contribution in [0.2, 0.25) is 0 Å². The highest BCUT2D eigenvalue weighted by atomic mass is 16.4. The second-order valence-electron chi connectivity index (χ2n) is 3.01. The van der Waals surface area contributed by atoms with Crippen molar-refractivity contribution < 1.29 is 15.0 Å². The van der Waals surface area contributed by atoms with Crippen LogP contribution in [0, 0.1) is 0 Å². The molecule has 0 unspecified atom stereocenters. The third-order valence-corrected chi connectivity index (χ3v) is 1.90. The molecule has 0 saturated carbocycles. The van der Waals surface area contributed by atoms with Gasteiger partial charge in [-0.2, -0.15) is 0 Å². The van der Waals surface area contributed by atoms with Gasteiger partial charge in [0, 0.05) is 12.4 Å². The van der Waals surface area contributed by atoms with Crippen LogP contribution in [0.25, 0.3) is 11.5 Å². The van der Waals surface area contributed by atoms with E-state index in [1.165, 1.54) is 18.6 Å². The molecule has 0 amide bonds. The largest absolute Gasteiger partial charge is 0.501 e. The number of carboxylic acids is 1. The molecule has 0 aliphatic rings. The monoisotopic (exact) mass is 234 g/mol. The van der Waals surface area contributed by atoms with Crippen molar-refractivity contribution in [2.45, 2.75) is 0 Å². The lowest BCUT2D eigenvalue weighted by Crippen LogP contribution is -2.15. The minimum absolute atomic E-state index is 0.0710. The Morgan fingerprint density at radius 3 is 2.71 bits per heavy atom. The van der Waals surface area contributed by atoms with Crippen LogP contribution in [0.15, 0.2) is 23.4 Å². The molecule has 0 aliphatic carbocycles. The van der Waals surface area contributed by atoms with Gasteiger partial charge in [-0.25, -0.2) is 14.8 Å². The van der Waals surface area contributed by atoms with Gasteiger partial charge in [-0.1, -0.05) is 0 Å². The number of carbonyl (C=O) groups is 1. The fourth-order valence-electron chi connectivity index (χ4n) is 1.16. The summed E-state index contributed by atoms with van der Waals surface area (Å²) in [6.07, 6.45) is 4.09. The summed E-state index contributed by atoms with van der Waals surface area (Å²) < 4.78 is 0. The molecule has 3 N–H and O–H groups in total. The number of aromatic amines is 1. The minimum atomic E-state index is -1.50. The molecule has 0 fully saturated rings. The number of hydrogen-bond acceptors (Lipinski definition) is 6. The Kier molecular flexibility index (Phi) is 2.53. The van der Waals surface area contributed by atoms with E-state index in [0.29, 0.717) is 0 Å². The Bertz CT molecular complexity index is 623. The third-order valence-electron chi connectivity index (χ3n) is 1.90. The van der Waals surface area contributed by atoms with Gasteiger partial charge in [-0.3, -0.25) is 9.78 Å². The number of rotatable bonds is 2. The lowest BCUT2D eigenvalue weighted by molar-refractivity contribution is 0.0686. The van der Waals surface area contributed by atoms with Crippen LogP contribution in [0.3, 0.4) is 0 Å².